The predicted molar refractivity (Wildman–Crippen MR) is 48.1 cm³/mol. The molecule has 0 saturated heterocycles. The minimum absolute atomic E-state index is 0.502. The smallest absolute Gasteiger partial charge is 0.382 e. The van der Waals surface area contributed by atoms with Crippen molar-refractivity contribution in [3.05, 3.63) is 29.6 Å². The Labute approximate surface area is 76.4 Å². The molecule has 1 aromatic rings. The van der Waals surface area contributed by atoms with Crippen LogP contribution in [0.25, 0.3) is 0 Å². The number of hydrogen-bond acceptors (Lipinski definition) is 2. The second-order valence-corrected chi connectivity index (χ2v) is 2.42. The van der Waals surface area contributed by atoms with Crippen LogP contribution in [0.2, 0.25) is 0 Å². The first-order valence-electron chi connectivity index (χ1n) is 3.93. The number of carboxylic acids is 1. The number of nitrogens with zero attached hydrogens (tertiary/aromatic N) is 1. The van der Waals surface area contributed by atoms with Gasteiger partial charge in [0.15, 0.2) is 0 Å². The summed E-state index contributed by atoms with van der Waals surface area (Å²) in [5, 5.41) is 8.30. The normalized spacial score (nSPS) is 8.69. The Morgan fingerprint density at radius 3 is 3.00 bits per heavy atom. The summed E-state index contributed by atoms with van der Waals surface area (Å²) in [5.41, 5.74) is 1.42. The molecular weight excluding hydrogens is 166 g/mol. The monoisotopic (exact) mass is 175 g/mol. The summed E-state index contributed by atoms with van der Waals surface area (Å²) in [5.74, 6) is 3.34. The molecule has 0 aromatic carbocycles. The van der Waals surface area contributed by atoms with Crippen molar-refractivity contribution < 1.29 is 9.90 Å². The van der Waals surface area contributed by atoms with Crippen LogP contribution in [0.4, 0.5) is 0 Å². The number of pyridine rings is 1. The quantitative estimate of drug-likeness (QED) is 0.650. The van der Waals surface area contributed by atoms with Crippen LogP contribution in [0.15, 0.2) is 18.2 Å². The molecule has 0 aliphatic heterocycles. The third-order valence-electron chi connectivity index (χ3n) is 1.47. The van der Waals surface area contributed by atoms with Crippen molar-refractivity contribution in [2.45, 2.75) is 13.3 Å². The molecule has 0 spiro atoms. The van der Waals surface area contributed by atoms with E-state index in [0.717, 1.165) is 12.1 Å². The summed E-state index contributed by atoms with van der Waals surface area (Å²) in [4.78, 5) is 14.3. The lowest BCUT2D eigenvalue weighted by atomic mass is 10.2. The Bertz CT molecular complexity index is 374. The van der Waals surface area contributed by atoms with Gasteiger partial charge in [-0.2, -0.15) is 0 Å². The zero-order chi connectivity index (χ0) is 9.68. The van der Waals surface area contributed by atoms with Gasteiger partial charge in [0.1, 0.15) is 5.69 Å². The van der Waals surface area contributed by atoms with Crippen LogP contribution in [-0.2, 0) is 11.2 Å². The van der Waals surface area contributed by atoms with E-state index >= 15 is 0 Å². The molecule has 1 aromatic heterocycles. The van der Waals surface area contributed by atoms with E-state index < -0.39 is 5.97 Å². The molecule has 0 bridgehead atoms. The first-order chi connectivity index (χ1) is 6.22. The molecule has 0 unspecified atom stereocenters. The average molecular weight is 175 g/mol. The van der Waals surface area contributed by atoms with Gasteiger partial charge >= 0.3 is 5.97 Å². The van der Waals surface area contributed by atoms with Crippen LogP contribution in [0.5, 0.6) is 0 Å². The van der Waals surface area contributed by atoms with Gasteiger partial charge in [-0.3, -0.25) is 0 Å². The van der Waals surface area contributed by atoms with Gasteiger partial charge in [-0.1, -0.05) is 13.0 Å². The van der Waals surface area contributed by atoms with Crippen LogP contribution in [0.1, 0.15) is 18.3 Å². The van der Waals surface area contributed by atoms with E-state index in [-0.39, 0.29) is 0 Å². The fraction of sp³-hybridized carbons (Fsp3) is 0.200. The summed E-state index contributed by atoms with van der Waals surface area (Å²) < 4.78 is 0. The maximum Gasteiger partial charge on any atom is 0.382 e. The van der Waals surface area contributed by atoms with Gasteiger partial charge in [0, 0.05) is 11.6 Å². The van der Waals surface area contributed by atoms with E-state index in [4.69, 9.17) is 5.11 Å². The number of aryl methyl sites for hydroxylation is 1. The minimum atomic E-state index is -1.14. The standard InChI is InChI=1S/C10H9NO2/c1-2-8-4-3-5-9(11-8)6-7-10(12)13/h3-5H,2H2,1H3,(H,12,13). The molecule has 3 heteroatoms. The van der Waals surface area contributed by atoms with Crippen LogP contribution in [-0.4, -0.2) is 16.1 Å². The third kappa shape index (κ3) is 2.96. The van der Waals surface area contributed by atoms with Crippen LogP contribution < -0.4 is 0 Å². The van der Waals surface area contributed by atoms with E-state index in [1.165, 1.54) is 0 Å². The molecule has 0 fully saturated rings. The number of aliphatic carboxylic acids is 1. The molecular formula is C10H9NO2. The highest BCUT2D eigenvalue weighted by molar-refractivity contribution is 5.87. The maximum absolute atomic E-state index is 10.1. The molecule has 66 valence electrons. The largest absolute Gasteiger partial charge is 0.472 e. The highest BCUT2D eigenvalue weighted by atomic mass is 16.4. The Hall–Kier alpha value is -1.82. The molecule has 1 heterocycles. The van der Waals surface area contributed by atoms with Crippen molar-refractivity contribution in [3.63, 3.8) is 0 Å². The lowest BCUT2D eigenvalue weighted by Gasteiger charge is -1.94. The molecule has 13 heavy (non-hydrogen) atoms. The topological polar surface area (TPSA) is 50.2 Å². The molecule has 0 aliphatic carbocycles. The number of carboxylic acid groups (broad SMARTS) is 1. The predicted octanol–water partition coefficient (Wildman–Crippen LogP) is 1.08. The van der Waals surface area contributed by atoms with Crippen LogP contribution in [0, 0.1) is 11.8 Å². The maximum atomic E-state index is 10.1. The molecule has 0 saturated carbocycles. The van der Waals surface area contributed by atoms with Crippen molar-refractivity contribution in [2.24, 2.45) is 0 Å². The van der Waals surface area contributed by atoms with Crippen molar-refractivity contribution in [1.29, 1.82) is 0 Å². The Balaban J connectivity index is 2.91. The van der Waals surface area contributed by atoms with Gasteiger partial charge in [0.2, 0.25) is 0 Å². The molecule has 0 radical (unpaired) electrons. The summed E-state index contributed by atoms with van der Waals surface area (Å²) in [6.07, 6.45) is 0.822. The van der Waals surface area contributed by atoms with Gasteiger partial charge in [0.05, 0.1) is 0 Å². The molecule has 0 amide bonds. The molecule has 1 N–H and O–H groups in total. The van der Waals surface area contributed by atoms with E-state index in [1.807, 2.05) is 25.0 Å². The van der Waals surface area contributed by atoms with E-state index in [0.29, 0.717) is 5.69 Å². The Morgan fingerprint density at radius 2 is 2.38 bits per heavy atom. The van der Waals surface area contributed by atoms with Gasteiger partial charge in [-0.25, -0.2) is 9.78 Å². The first-order valence-corrected chi connectivity index (χ1v) is 3.93. The molecule has 0 aliphatic rings. The first kappa shape index (κ1) is 9.27. The van der Waals surface area contributed by atoms with Crippen LogP contribution in [0.3, 0.4) is 0 Å². The minimum Gasteiger partial charge on any atom is -0.472 e. The number of carbonyl (C=O) groups is 1. The fourth-order valence-electron chi connectivity index (χ4n) is 0.864. The zero-order valence-electron chi connectivity index (χ0n) is 7.24. The summed E-state index contributed by atoms with van der Waals surface area (Å²) in [6, 6.07) is 5.39. The lowest BCUT2D eigenvalue weighted by molar-refractivity contribution is -0.130. The second kappa shape index (κ2) is 4.27. The Kier molecular flexibility index (Phi) is 3.04. The SMILES string of the molecule is CCc1cccc(C#CC(=O)O)n1. The van der Waals surface area contributed by atoms with Crippen molar-refractivity contribution >= 4 is 5.97 Å². The average Bonchev–Trinajstić information content (AvgIpc) is 2.15. The third-order valence-corrected chi connectivity index (χ3v) is 1.47. The lowest BCUT2D eigenvalue weighted by Crippen LogP contribution is -1.91. The summed E-state index contributed by atoms with van der Waals surface area (Å²) >= 11 is 0. The van der Waals surface area contributed by atoms with Crippen molar-refractivity contribution in [3.8, 4) is 11.8 Å². The zero-order valence-corrected chi connectivity index (χ0v) is 7.24. The van der Waals surface area contributed by atoms with Gasteiger partial charge in [-0.15, -0.1) is 0 Å². The highest BCUT2D eigenvalue weighted by Gasteiger charge is 1.92. The molecule has 3 nitrogen and oxygen atoms in total. The van der Waals surface area contributed by atoms with E-state index in [1.54, 1.807) is 6.07 Å². The summed E-state index contributed by atoms with van der Waals surface area (Å²) in [6.45, 7) is 1.98. The summed E-state index contributed by atoms with van der Waals surface area (Å²) in [7, 11) is 0. The highest BCUT2D eigenvalue weighted by Crippen LogP contribution is 1.98. The number of aromatic nitrogens is 1. The number of rotatable bonds is 1. The van der Waals surface area contributed by atoms with Crippen molar-refractivity contribution in [2.75, 3.05) is 0 Å². The number of hydrogen-bond donors (Lipinski definition) is 1. The van der Waals surface area contributed by atoms with Crippen molar-refractivity contribution in [1.82, 2.24) is 4.98 Å². The Morgan fingerprint density at radius 1 is 1.62 bits per heavy atom. The van der Waals surface area contributed by atoms with Crippen LogP contribution >= 0.6 is 0 Å². The van der Waals surface area contributed by atoms with E-state index in [2.05, 4.69) is 10.9 Å². The molecule has 0 atom stereocenters. The van der Waals surface area contributed by atoms with Gasteiger partial charge in [0.25, 0.3) is 0 Å². The van der Waals surface area contributed by atoms with E-state index in [9.17, 15) is 4.79 Å². The second-order valence-electron chi connectivity index (χ2n) is 2.42. The van der Waals surface area contributed by atoms with Gasteiger partial charge in [-0.05, 0) is 24.5 Å². The molecule has 1 rings (SSSR count). The fourth-order valence-corrected chi connectivity index (χ4v) is 0.864. The van der Waals surface area contributed by atoms with Gasteiger partial charge < -0.3 is 5.11 Å².